The number of ether oxygens (including phenoxy) is 1. The molecule has 0 aliphatic heterocycles. The van der Waals surface area contributed by atoms with Crippen molar-refractivity contribution in [1.29, 1.82) is 0 Å². The molecule has 0 saturated carbocycles. The molecule has 0 amide bonds. The predicted octanol–water partition coefficient (Wildman–Crippen LogP) is 1.90. The van der Waals surface area contributed by atoms with Crippen LogP contribution in [-0.2, 0) is 18.8 Å². The first kappa shape index (κ1) is 19.6. The molecule has 0 bridgehead atoms. The number of carbonyl (C=O) groups excluding carboxylic acids is 1. The van der Waals surface area contributed by atoms with Crippen LogP contribution >= 0.6 is 11.3 Å². The minimum absolute atomic E-state index is 0.0911. The van der Waals surface area contributed by atoms with Gasteiger partial charge in [-0.3, -0.25) is 13.9 Å². The monoisotopic (exact) mass is 379 g/mol. The van der Waals surface area contributed by atoms with Gasteiger partial charge in [-0.1, -0.05) is 13.8 Å². The highest BCUT2D eigenvalue weighted by Crippen LogP contribution is 2.35. The lowest BCUT2D eigenvalue weighted by Gasteiger charge is -2.08. The summed E-state index contributed by atoms with van der Waals surface area (Å²) in [7, 11) is 2.66. The largest absolute Gasteiger partial charge is 0.494 e. The van der Waals surface area contributed by atoms with Crippen LogP contribution in [0.4, 0.5) is 5.00 Å². The van der Waals surface area contributed by atoms with Gasteiger partial charge in [0.15, 0.2) is 0 Å². The fourth-order valence-electron chi connectivity index (χ4n) is 2.38. The second-order valence-corrected chi connectivity index (χ2v) is 6.81. The Morgan fingerprint density at radius 3 is 2.58 bits per heavy atom. The molecular weight excluding hydrogens is 358 g/mol. The number of rotatable bonds is 5. The van der Waals surface area contributed by atoms with Gasteiger partial charge in [-0.15, -0.1) is 11.3 Å². The van der Waals surface area contributed by atoms with Gasteiger partial charge >= 0.3 is 11.7 Å². The minimum Gasteiger partial charge on any atom is -0.494 e. The summed E-state index contributed by atoms with van der Waals surface area (Å²) in [5, 5.41) is 12.3. The Morgan fingerprint density at radius 1 is 1.35 bits per heavy atom. The predicted molar refractivity (Wildman–Crippen MR) is 100 cm³/mol. The van der Waals surface area contributed by atoms with Crippen molar-refractivity contribution in [2.24, 2.45) is 19.1 Å². The van der Waals surface area contributed by atoms with Gasteiger partial charge in [0.05, 0.1) is 12.2 Å². The second-order valence-electron chi connectivity index (χ2n) is 5.95. The molecule has 0 fully saturated rings. The van der Waals surface area contributed by atoms with Gasteiger partial charge in [-0.25, -0.2) is 14.6 Å². The van der Waals surface area contributed by atoms with E-state index >= 15 is 0 Å². The number of carbonyl (C=O) groups is 1. The minimum atomic E-state index is -0.673. The number of hydrogen-bond acceptors (Lipinski definition) is 7. The van der Waals surface area contributed by atoms with Gasteiger partial charge in [-0.2, -0.15) is 0 Å². The van der Waals surface area contributed by atoms with E-state index in [1.807, 2.05) is 19.2 Å². The standard InChI is InChI=1S/C17H21N3O5S/c1-6-25-16(23)12-11(9(2)3)8-26-13(12)18-7-10-14(21)19(4)17(24)20(5)15(10)22/h7-9,21H,6H2,1-5H3. The number of hydrogen-bond donors (Lipinski definition) is 1. The molecule has 8 nitrogen and oxygen atoms in total. The molecule has 1 N–H and O–H groups in total. The van der Waals surface area contributed by atoms with Gasteiger partial charge < -0.3 is 9.84 Å². The van der Waals surface area contributed by atoms with Crippen LogP contribution in [0.5, 0.6) is 5.88 Å². The first-order valence-electron chi connectivity index (χ1n) is 8.02. The van der Waals surface area contributed by atoms with Gasteiger partial charge in [0.2, 0.25) is 5.88 Å². The summed E-state index contributed by atoms with van der Waals surface area (Å²) in [5.74, 6) is -0.879. The lowest BCUT2D eigenvalue weighted by Crippen LogP contribution is -2.38. The molecule has 0 aromatic carbocycles. The van der Waals surface area contributed by atoms with E-state index in [0.717, 1.165) is 20.9 Å². The zero-order chi connectivity index (χ0) is 19.6. The van der Waals surface area contributed by atoms with E-state index in [1.54, 1.807) is 6.92 Å². The van der Waals surface area contributed by atoms with Gasteiger partial charge in [0, 0.05) is 20.3 Å². The molecule has 0 saturated heterocycles. The molecule has 0 atom stereocenters. The summed E-state index contributed by atoms with van der Waals surface area (Å²) in [5.41, 5.74) is -0.297. The average Bonchev–Trinajstić information content (AvgIpc) is 3.03. The summed E-state index contributed by atoms with van der Waals surface area (Å²) in [6, 6.07) is 0. The van der Waals surface area contributed by atoms with E-state index in [2.05, 4.69) is 4.99 Å². The maximum Gasteiger partial charge on any atom is 0.341 e. The Balaban J connectivity index is 2.59. The van der Waals surface area contributed by atoms with Crippen LogP contribution in [-0.4, -0.2) is 33.0 Å². The smallest absolute Gasteiger partial charge is 0.341 e. The third-order valence-electron chi connectivity index (χ3n) is 3.88. The van der Waals surface area contributed by atoms with E-state index in [9.17, 15) is 19.5 Å². The lowest BCUT2D eigenvalue weighted by molar-refractivity contribution is 0.0526. The first-order chi connectivity index (χ1) is 12.2. The van der Waals surface area contributed by atoms with Crippen LogP contribution < -0.4 is 11.2 Å². The van der Waals surface area contributed by atoms with Crippen molar-refractivity contribution in [2.75, 3.05) is 6.61 Å². The summed E-state index contributed by atoms with van der Waals surface area (Å²) >= 11 is 1.24. The molecule has 0 spiro atoms. The molecule has 2 heterocycles. The maximum atomic E-state index is 12.3. The van der Waals surface area contributed by atoms with Crippen LogP contribution in [0.15, 0.2) is 20.0 Å². The number of thiophene rings is 1. The quantitative estimate of drug-likeness (QED) is 0.631. The van der Waals surface area contributed by atoms with E-state index in [0.29, 0.717) is 10.6 Å². The Morgan fingerprint density at radius 2 is 2.00 bits per heavy atom. The summed E-state index contributed by atoms with van der Waals surface area (Å²) < 4.78 is 6.93. The highest BCUT2D eigenvalue weighted by Gasteiger charge is 2.22. The van der Waals surface area contributed by atoms with Crippen molar-refractivity contribution in [2.45, 2.75) is 26.7 Å². The molecule has 0 unspecified atom stereocenters. The van der Waals surface area contributed by atoms with Crippen LogP contribution in [0.25, 0.3) is 0 Å². The molecule has 2 aromatic heterocycles. The molecular formula is C17H21N3O5S. The van der Waals surface area contributed by atoms with Crippen molar-refractivity contribution in [3.63, 3.8) is 0 Å². The topological polar surface area (TPSA) is 103 Å². The van der Waals surface area contributed by atoms with Gasteiger partial charge in [0.1, 0.15) is 10.6 Å². The third kappa shape index (κ3) is 3.48. The number of esters is 1. The van der Waals surface area contributed by atoms with Crippen LogP contribution in [0, 0.1) is 0 Å². The molecule has 9 heteroatoms. The molecule has 0 aliphatic carbocycles. The second kappa shape index (κ2) is 7.69. The summed E-state index contributed by atoms with van der Waals surface area (Å²) in [6.07, 6.45) is 1.16. The summed E-state index contributed by atoms with van der Waals surface area (Å²) in [6.45, 7) is 5.85. The Labute approximate surface area is 154 Å². The highest BCUT2D eigenvalue weighted by molar-refractivity contribution is 7.14. The van der Waals surface area contributed by atoms with Gasteiger partial charge in [-0.05, 0) is 23.8 Å². The van der Waals surface area contributed by atoms with E-state index in [1.165, 1.54) is 25.4 Å². The SMILES string of the molecule is CCOC(=O)c1c(C(C)C)csc1N=Cc1c(O)n(C)c(=O)n(C)c1=O. The molecule has 26 heavy (non-hydrogen) atoms. The van der Waals surface area contributed by atoms with Crippen molar-refractivity contribution in [1.82, 2.24) is 9.13 Å². The van der Waals surface area contributed by atoms with Crippen molar-refractivity contribution < 1.29 is 14.6 Å². The average molecular weight is 379 g/mol. The van der Waals surface area contributed by atoms with Crippen molar-refractivity contribution in [3.8, 4) is 5.88 Å². The molecule has 140 valence electrons. The number of aromatic nitrogens is 2. The lowest BCUT2D eigenvalue weighted by atomic mass is 10.0. The van der Waals surface area contributed by atoms with Crippen LogP contribution in [0.1, 0.15) is 48.2 Å². The molecule has 2 rings (SSSR count). The Hall–Kier alpha value is -2.68. The molecule has 0 aliphatic rings. The Kier molecular flexibility index (Phi) is 5.81. The van der Waals surface area contributed by atoms with Crippen molar-refractivity contribution in [3.05, 3.63) is 42.9 Å². The Bertz CT molecular complexity index is 982. The third-order valence-corrected chi connectivity index (χ3v) is 4.78. The van der Waals surface area contributed by atoms with Crippen LogP contribution in [0.3, 0.4) is 0 Å². The van der Waals surface area contributed by atoms with E-state index in [-0.39, 0.29) is 18.1 Å². The fourth-order valence-corrected chi connectivity index (χ4v) is 3.45. The maximum absolute atomic E-state index is 12.3. The fraction of sp³-hybridized carbons (Fsp3) is 0.412. The normalized spacial score (nSPS) is 11.5. The summed E-state index contributed by atoms with van der Waals surface area (Å²) in [4.78, 5) is 40.5. The van der Waals surface area contributed by atoms with E-state index < -0.39 is 23.1 Å². The van der Waals surface area contributed by atoms with Crippen LogP contribution in [0.2, 0.25) is 0 Å². The van der Waals surface area contributed by atoms with Gasteiger partial charge in [0.25, 0.3) is 5.56 Å². The van der Waals surface area contributed by atoms with Crippen molar-refractivity contribution >= 4 is 28.5 Å². The molecule has 0 radical (unpaired) electrons. The highest BCUT2D eigenvalue weighted by atomic mass is 32.1. The number of aromatic hydroxyl groups is 1. The molecule has 2 aromatic rings. The number of aliphatic imine (C=N–C) groups is 1. The zero-order valence-electron chi connectivity index (χ0n) is 15.3. The first-order valence-corrected chi connectivity index (χ1v) is 8.90. The number of nitrogens with zero attached hydrogens (tertiary/aromatic N) is 3. The zero-order valence-corrected chi connectivity index (χ0v) is 16.1. The van der Waals surface area contributed by atoms with E-state index in [4.69, 9.17) is 4.74 Å².